The number of allylic oxidation sites excluding steroid dienone is 1. The van der Waals surface area contributed by atoms with Gasteiger partial charge in [0.1, 0.15) is 0 Å². The first-order valence-corrected chi connectivity index (χ1v) is 3.97. The normalized spacial score (nSPS) is 9.75. The van der Waals surface area contributed by atoms with Crippen LogP contribution in [-0.2, 0) is 6.54 Å². The molecule has 0 unspecified atom stereocenters. The van der Waals surface area contributed by atoms with Crippen LogP contribution >= 0.6 is 12.2 Å². The van der Waals surface area contributed by atoms with E-state index < -0.39 is 0 Å². The number of aromatic nitrogens is 2. The van der Waals surface area contributed by atoms with E-state index in [4.69, 9.17) is 12.2 Å². The minimum Gasteiger partial charge on any atom is -0.338 e. The second-order valence-corrected chi connectivity index (χ2v) is 2.87. The predicted molar refractivity (Wildman–Crippen MR) is 50.8 cm³/mol. The maximum atomic E-state index is 11.4. The van der Waals surface area contributed by atoms with Gasteiger partial charge >= 0.3 is 0 Å². The van der Waals surface area contributed by atoms with Gasteiger partial charge in [0.05, 0.1) is 0 Å². The van der Waals surface area contributed by atoms with Gasteiger partial charge in [0, 0.05) is 18.3 Å². The Kier molecular flexibility index (Phi) is 2.60. The maximum absolute atomic E-state index is 11.4. The molecule has 0 amide bonds. The first-order valence-electron chi connectivity index (χ1n) is 3.57. The fourth-order valence-electron chi connectivity index (χ4n) is 0.910. The summed E-state index contributed by atoms with van der Waals surface area (Å²) in [5.74, 6) is 0. The van der Waals surface area contributed by atoms with Gasteiger partial charge in [0.15, 0.2) is 4.77 Å². The quantitative estimate of drug-likeness (QED) is 0.554. The lowest BCUT2D eigenvalue weighted by atomic mass is 10.4. The lowest BCUT2D eigenvalue weighted by Gasteiger charge is -2.02. The molecule has 1 rings (SSSR count). The van der Waals surface area contributed by atoms with Crippen LogP contribution in [0.25, 0.3) is 0 Å². The largest absolute Gasteiger partial charge is 0.338 e. The van der Waals surface area contributed by atoms with Gasteiger partial charge in [-0.05, 0) is 19.1 Å². The van der Waals surface area contributed by atoms with E-state index in [1.54, 1.807) is 19.2 Å². The third-order valence-corrected chi connectivity index (χ3v) is 1.89. The Hall–Kier alpha value is -1.16. The molecule has 1 aromatic heterocycles. The van der Waals surface area contributed by atoms with Crippen molar-refractivity contribution in [2.24, 2.45) is 0 Å². The molecule has 4 heteroatoms. The third-order valence-electron chi connectivity index (χ3n) is 1.55. The topological polar surface area (TPSA) is 37.8 Å². The molecular formula is C8H10N2OS. The van der Waals surface area contributed by atoms with Crippen molar-refractivity contribution in [1.82, 2.24) is 9.55 Å². The zero-order valence-corrected chi connectivity index (χ0v) is 7.65. The standard InChI is InChI=1S/C8H10N2OS/c1-3-4-10-7(11)6(2)5-9-8(10)12/h3,5H,1,4H2,2H3,(H,9,12). The highest BCUT2D eigenvalue weighted by atomic mass is 32.1. The average Bonchev–Trinajstić information content (AvgIpc) is 2.06. The molecular weight excluding hydrogens is 172 g/mol. The molecule has 0 atom stereocenters. The number of H-pyrrole nitrogens is 1. The second-order valence-electron chi connectivity index (χ2n) is 2.48. The maximum Gasteiger partial charge on any atom is 0.257 e. The fourth-order valence-corrected chi connectivity index (χ4v) is 1.13. The Balaban J connectivity index is 3.43. The summed E-state index contributed by atoms with van der Waals surface area (Å²) in [7, 11) is 0. The molecule has 0 aromatic carbocycles. The van der Waals surface area contributed by atoms with Crippen LogP contribution in [0.5, 0.6) is 0 Å². The first kappa shape index (κ1) is 8.93. The van der Waals surface area contributed by atoms with Gasteiger partial charge < -0.3 is 4.98 Å². The number of nitrogens with one attached hydrogen (secondary N) is 1. The SMILES string of the molecule is C=CCn1c(=S)[nH]cc(C)c1=O. The van der Waals surface area contributed by atoms with Crippen LogP contribution in [0.2, 0.25) is 0 Å². The van der Waals surface area contributed by atoms with Crippen molar-refractivity contribution in [2.75, 3.05) is 0 Å². The van der Waals surface area contributed by atoms with Gasteiger partial charge in [0.2, 0.25) is 0 Å². The molecule has 0 fully saturated rings. The third kappa shape index (κ3) is 1.53. The zero-order valence-electron chi connectivity index (χ0n) is 6.83. The molecule has 0 aliphatic heterocycles. The van der Waals surface area contributed by atoms with Crippen molar-refractivity contribution in [3.05, 3.63) is 39.5 Å². The summed E-state index contributed by atoms with van der Waals surface area (Å²) in [5.41, 5.74) is 0.601. The number of aromatic amines is 1. The number of nitrogens with zero attached hydrogens (tertiary/aromatic N) is 1. The van der Waals surface area contributed by atoms with Gasteiger partial charge in [0.25, 0.3) is 5.56 Å². The summed E-state index contributed by atoms with van der Waals surface area (Å²) in [4.78, 5) is 14.2. The van der Waals surface area contributed by atoms with Crippen LogP contribution in [0.1, 0.15) is 5.56 Å². The summed E-state index contributed by atoms with van der Waals surface area (Å²) in [6.45, 7) is 5.75. The van der Waals surface area contributed by atoms with E-state index in [9.17, 15) is 4.79 Å². The summed E-state index contributed by atoms with van der Waals surface area (Å²) in [6.07, 6.45) is 3.26. The van der Waals surface area contributed by atoms with Crippen molar-refractivity contribution in [1.29, 1.82) is 0 Å². The minimum absolute atomic E-state index is 0.0568. The highest BCUT2D eigenvalue weighted by molar-refractivity contribution is 7.71. The van der Waals surface area contributed by atoms with Gasteiger partial charge in [-0.15, -0.1) is 6.58 Å². The van der Waals surface area contributed by atoms with Gasteiger partial charge in [-0.3, -0.25) is 9.36 Å². The molecule has 1 heterocycles. The summed E-state index contributed by atoms with van der Waals surface area (Å²) in [6, 6.07) is 0. The van der Waals surface area contributed by atoms with Crippen LogP contribution < -0.4 is 5.56 Å². The molecule has 0 saturated carbocycles. The Morgan fingerprint density at radius 1 is 1.83 bits per heavy atom. The Morgan fingerprint density at radius 2 is 2.50 bits per heavy atom. The monoisotopic (exact) mass is 182 g/mol. The Labute approximate surface area is 75.4 Å². The zero-order chi connectivity index (χ0) is 9.14. The van der Waals surface area contributed by atoms with Crippen molar-refractivity contribution in [3.63, 3.8) is 0 Å². The van der Waals surface area contributed by atoms with Crippen molar-refractivity contribution in [3.8, 4) is 0 Å². The summed E-state index contributed by atoms with van der Waals surface area (Å²) >= 11 is 4.92. The molecule has 3 nitrogen and oxygen atoms in total. The first-order chi connectivity index (χ1) is 5.66. The van der Waals surface area contributed by atoms with Gasteiger partial charge in [-0.25, -0.2) is 0 Å². The molecule has 0 spiro atoms. The molecule has 0 aliphatic rings. The molecule has 1 N–H and O–H groups in total. The smallest absolute Gasteiger partial charge is 0.257 e. The van der Waals surface area contributed by atoms with Gasteiger partial charge in [-0.1, -0.05) is 6.08 Å². The molecule has 1 aromatic rings. The Morgan fingerprint density at radius 3 is 3.08 bits per heavy atom. The fraction of sp³-hybridized carbons (Fsp3) is 0.250. The van der Waals surface area contributed by atoms with Crippen LogP contribution in [0, 0.1) is 11.7 Å². The number of hydrogen-bond donors (Lipinski definition) is 1. The average molecular weight is 182 g/mol. The molecule has 12 heavy (non-hydrogen) atoms. The van der Waals surface area contributed by atoms with E-state index in [1.165, 1.54) is 4.57 Å². The number of hydrogen-bond acceptors (Lipinski definition) is 2. The van der Waals surface area contributed by atoms with Crippen LogP contribution in [0.4, 0.5) is 0 Å². The Bertz CT molecular complexity index is 402. The van der Waals surface area contributed by atoms with E-state index in [-0.39, 0.29) is 5.56 Å². The van der Waals surface area contributed by atoms with Gasteiger partial charge in [-0.2, -0.15) is 0 Å². The van der Waals surface area contributed by atoms with Crippen LogP contribution in [-0.4, -0.2) is 9.55 Å². The number of aryl methyl sites for hydroxylation is 1. The lowest BCUT2D eigenvalue weighted by Crippen LogP contribution is -2.22. The van der Waals surface area contributed by atoms with E-state index >= 15 is 0 Å². The van der Waals surface area contributed by atoms with Crippen LogP contribution in [0.15, 0.2) is 23.6 Å². The predicted octanol–water partition coefficient (Wildman–Crippen LogP) is 1.40. The second kappa shape index (κ2) is 3.49. The van der Waals surface area contributed by atoms with E-state index in [0.29, 0.717) is 16.9 Å². The number of rotatable bonds is 2. The van der Waals surface area contributed by atoms with Crippen molar-refractivity contribution < 1.29 is 0 Å². The van der Waals surface area contributed by atoms with E-state index in [1.807, 2.05) is 0 Å². The molecule has 0 bridgehead atoms. The summed E-state index contributed by atoms with van der Waals surface area (Å²) in [5, 5.41) is 0. The summed E-state index contributed by atoms with van der Waals surface area (Å²) < 4.78 is 1.91. The van der Waals surface area contributed by atoms with Crippen molar-refractivity contribution in [2.45, 2.75) is 13.5 Å². The van der Waals surface area contributed by atoms with Crippen molar-refractivity contribution >= 4 is 12.2 Å². The molecule has 64 valence electrons. The molecule has 0 aliphatic carbocycles. The highest BCUT2D eigenvalue weighted by Gasteiger charge is 1.98. The van der Waals surface area contributed by atoms with E-state index in [2.05, 4.69) is 11.6 Å². The van der Waals surface area contributed by atoms with Crippen LogP contribution in [0.3, 0.4) is 0 Å². The molecule has 0 saturated heterocycles. The minimum atomic E-state index is -0.0568. The van der Waals surface area contributed by atoms with E-state index in [0.717, 1.165) is 0 Å². The highest BCUT2D eigenvalue weighted by Crippen LogP contribution is 1.88. The molecule has 0 radical (unpaired) electrons. The lowest BCUT2D eigenvalue weighted by molar-refractivity contribution is 0.730.